The predicted molar refractivity (Wildman–Crippen MR) is 73.5 cm³/mol. The van der Waals surface area contributed by atoms with Gasteiger partial charge >= 0.3 is 0 Å². The maximum Gasteiger partial charge on any atom is -0.0159 e. The standard InChI is InChI=1S/C17H24/c1-10-5-14-8-16-7-12(3)13(4)17(16)9-15(14)6-11(10)2/h8-13H,5-7H2,1-4H3/t10-,11+,12+,13+/m0/s1. The van der Waals surface area contributed by atoms with Crippen molar-refractivity contribution in [2.45, 2.75) is 52.9 Å². The number of rotatable bonds is 0. The van der Waals surface area contributed by atoms with Gasteiger partial charge in [0.25, 0.3) is 0 Å². The van der Waals surface area contributed by atoms with Crippen molar-refractivity contribution >= 4 is 0 Å². The zero-order valence-corrected chi connectivity index (χ0v) is 11.6. The van der Waals surface area contributed by atoms with Gasteiger partial charge in [-0.25, -0.2) is 0 Å². The smallest absolute Gasteiger partial charge is 0.0159 e. The van der Waals surface area contributed by atoms with Gasteiger partial charge in [0.15, 0.2) is 0 Å². The monoisotopic (exact) mass is 228 g/mol. The first-order valence-corrected chi connectivity index (χ1v) is 7.20. The summed E-state index contributed by atoms with van der Waals surface area (Å²) in [6.07, 6.45) is 3.89. The SMILES string of the molecule is C[C@@H]1Cc2cc3c(cc2C[C@@H]1C)C[C@@H](C)[C@H]3C. The molecule has 0 aromatic heterocycles. The maximum absolute atomic E-state index is 2.54. The van der Waals surface area contributed by atoms with E-state index >= 15 is 0 Å². The Balaban J connectivity index is 2.04. The summed E-state index contributed by atoms with van der Waals surface area (Å²) in [6.45, 7) is 9.62. The van der Waals surface area contributed by atoms with Crippen LogP contribution in [-0.2, 0) is 19.3 Å². The molecule has 0 bridgehead atoms. The number of hydrogen-bond donors (Lipinski definition) is 0. The minimum absolute atomic E-state index is 0.768. The Kier molecular flexibility index (Phi) is 2.57. The highest BCUT2D eigenvalue weighted by Gasteiger charge is 2.29. The highest BCUT2D eigenvalue weighted by atomic mass is 14.3. The Bertz CT molecular complexity index is 444. The van der Waals surface area contributed by atoms with E-state index in [1.807, 2.05) is 0 Å². The van der Waals surface area contributed by atoms with Crippen molar-refractivity contribution in [2.75, 3.05) is 0 Å². The van der Waals surface area contributed by atoms with Crippen LogP contribution in [0, 0.1) is 17.8 Å². The van der Waals surface area contributed by atoms with Gasteiger partial charge in [-0.15, -0.1) is 0 Å². The second kappa shape index (κ2) is 3.86. The van der Waals surface area contributed by atoms with Crippen LogP contribution < -0.4 is 0 Å². The quantitative estimate of drug-likeness (QED) is 0.619. The summed E-state index contributed by atoms with van der Waals surface area (Å²) in [5.41, 5.74) is 6.59. The molecule has 4 atom stereocenters. The first-order chi connectivity index (χ1) is 8.06. The summed E-state index contributed by atoms with van der Waals surface area (Å²) in [5.74, 6) is 3.32. The van der Waals surface area contributed by atoms with Crippen LogP contribution in [0.4, 0.5) is 0 Å². The Morgan fingerprint density at radius 1 is 0.706 bits per heavy atom. The lowest BCUT2D eigenvalue weighted by Crippen LogP contribution is -2.21. The first-order valence-electron chi connectivity index (χ1n) is 7.20. The topological polar surface area (TPSA) is 0 Å². The summed E-state index contributed by atoms with van der Waals surface area (Å²) >= 11 is 0. The van der Waals surface area contributed by atoms with Crippen LogP contribution in [0.1, 0.15) is 55.9 Å². The first kappa shape index (κ1) is 11.3. The summed E-state index contributed by atoms with van der Waals surface area (Å²) in [4.78, 5) is 0. The Morgan fingerprint density at radius 2 is 1.24 bits per heavy atom. The molecule has 0 saturated carbocycles. The van der Waals surface area contributed by atoms with Crippen molar-refractivity contribution in [3.8, 4) is 0 Å². The van der Waals surface area contributed by atoms with E-state index in [4.69, 9.17) is 0 Å². The lowest BCUT2D eigenvalue weighted by atomic mass is 9.76. The van der Waals surface area contributed by atoms with Gasteiger partial charge in [-0.2, -0.15) is 0 Å². The van der Waals surface area contributed by atoms with Gasteiger partial charge < -0.3 is 0 Å². The highest BCUT2D eigenvalue weighted by molar-refractivity contribution is 5.44. The molecule has 0 heterocycles. The molecule has 2 aliphatic rings. The molecular weight excluding hydrogens is 204 g/mol. The Hall–Kier alpha value is -0.780. The van der Waals surface area contributed by atoms with E-state index in [0.29, 0.717) is 0 Å². The largest absolute Gasteiger partial charge is 0.0619 e. The van der Waals surface area contributed by atoms with Crippen LogP contribution in [-0.4, -0.2) is 0 Å². The molecule has 1 aromatic rings. The average Bonchev–Trinajstić information content (AvgIpc) is 2.54. The molecule has 0 N–H and O–H groups in total. The van der Waals surface area contributed by atoms with Crippen molar-refractivity contribution in [3.05, 3.63) is 34.4 Å². The van der Waals surface area contributed by atoms with E-state index in [1.54, 1.807) is 22.3 Å². The van der Waals surface area contributed by atoms with Crippen molar-refractivity contribution in [2.24, 2.45) is 17.8 Å². The van der Waals surface area contributed by atoms with Crippen LogP contribution in [0.25, 0.3) is 0 Å². The Morgan fingerprint density at radius 3 is 1.88 bits per heavy atom. The predicted octanol–water partition coefficient (Wildman–Crippen LogP) is 4.35. The zero-order valence-electron chi connectivity index (χ0n) is 11.6. The fourth-order valence-corrected chi connectivity index (χ4v) is 3.67. The zero-order chi connectivity index (χ0) is 12.2. The molecule has 0 nitrogen and oxygen atoms in total. The molecule has 0 amide bonds. The number of fused-ring (bicyclic) bond motifs is 2. The molecule has 0 aliphatic heterocycles. The van der Waals surface area contributed by atoms with Gasteiger partial charge in [0.05, 0.1) is 0 Å². The van der Waals surface area contributed by atoms with Gasteiger partial charge in [-0.3, -0.25) is 0 Å². The summed E-state index contributed by atoms with van der Waals surface area (Å²) in [5, 5.41) is 0. The number of benzene rings is 1. The van der Waals surface area contributed by atoms with E-state index < -0.39 is 0 Å². The van der Waals surface area contributed by atoms with Crippen molar-refractivity contribution in [1.29, 1.82) is 0 Å². The fraction of sp³-hybridized carbons (Fsp3) is 0.647. The lowest BCUT2D eigenvalue weighted by Gasteiger charge is -2.29. The second-order valence-corrected chi connectivity index (χ2v) is 6.65. The third-order valence-corrected chi connectivity index (χ3v) is 5.40. The highest BCUT2D eigenvalue weighted by Crippen LogP contribution is 2.41. The molecule has 0 heteroatoms. The normalized spacial score (nSPS) is 35.5. The summed E-state index contributed by atoms with van der Waals surface area (Å²) in [7, 11) is 0. The second-order valence-electron chi connectivity index (χ2n) is 6.65. The minimum atomic E-state index is 0.768. The van der Waals surface area contributed by atoms with Crippen molar-refractivity contribution in [1.82, 2.24) is 0 Å². The third kappa shape index (κ3) is 1.73. The molecule has 0 spiro atoms. The van der Waals surface area contributed by atoms with E-state index in [2.05, 4.69) is 39.8 Å². The van der Waals surface area contributed by atoms with Gasteiger partial charge in [-0.1, -0.05) is 39.8 Å². The molecule has 2 aliphatic carbocycles. The van der Waals surface area contributed by atoms with Crippen LogP contribution in [0.3, 0.4) is 0 Å². The summed E-state index contributed by atoms with van der Waals surface area (Å²) < 4.78 is 0. The molecule has 17 heavy (non-hydrogen) atoms. The minimum Gasteiger partial charge on any atom is -0.0619 e. The molecule has 0 saturated heterocycles. The van der Waals surface area contributed by atoms with Gasteiger partial charge in [-0.05, 0) is 65.2 Å². The van der Waals surface area contributed by atoms with E-state index in [1.165, 1.54) is 19.3 Å². The van der Waals surface area contributed by atoms with E-state index in [9.17, 15) is 0 Å². The van der Waals surface area contributed by atoms with Crippen LogP contribution in [0.2, 0.25) is 0 Å². The molecular formula is C17H24. The van der Waals surface area contributed by atoms with Crippen molar-refractivity contribution < 1.29 is 0 Å². The number of hydrogen-bond acceptors (Lipinski definition) is 0. The summed E-state index contributed by atoms with van der Waals surface area (Å²) in [6, 6.07) is 5.08. The Labute approximate surface area is 105 Å². The third-order valence-electron chi connectivity index (χ3n) is 5.40. The lowest BCUT2D eigenvalue weighted by molar-refractivity contribution is 0.361. The molecule has 3 rings (SSSR count). The molecule has 0 radical (unpaired) electrons. The van der Waals surface area contributed by atoms with Crippen molar-refractivity contribution in [3.63, 3.8) is 0 Å². The molecule has 0 unspecified atom stereocenters. The van der Waals surface area contributed by atoms with Gasteiger partial charge in [0, 0.05) is 0 Å². The van der Waals surface area contributed by atoms with E-state index in [-0.39, 0.29) is 0 Å². The van der Waals surface area contributed by atoms with Crippen LogP contribution in [0.5, 0.6) is 0 Å². The van der Waals surface area contributed by atoms with E-state index in [0.717, 1.165) is 23.7 Å². The average molecular weight is 228 g/mol. The maximum atomic E-state index is 2.54. The molecule has 0 fully saturated rings. The molecule has 1 aromatic carbocycles. The van der Waals surface area contributed by atoms with Crippen LogP contribution >= 0.6 is 0 Å². The van der Waals surface area contributed by atoms with Crippen LogP contribution in [0.15, 0.2) is 12.1 Å². The van der Waals surface area contributed by atoms with Gasteiger partial charge in [0.2, 0.25) is 0 Å². The molecule has 92 valence electrons. The van der Waals surface area contributed by atoms with Gasteiger partial charge in [0.1, 0.15) is 0 Å². The fourth-order valence-electron chi connectivity index (χ4n) is 3.67.